The zero-order chi connectivity index (χ0) is 19.0. The molecule has 0 radical (unpaired) electrons. The predicted molar refractivity (Wildman–Crippen MR) is 108 cm³/mol. The zero-order valence-electron chi connectivity index (χ0n) is 15.0. The molecular formula is C20H18ClN5O. The van der Waals surface area contributed by atoms with Crippen LogP contribution in [0, 0.1) is 6.92 Å². The maximum Gasteiger partial charge on any atom is 0.187 e. The number of nitrogens with one attached hydrogen (secondary N) is 1. The van der Waals surface area contributed by atoms with Gasteiger partial charge in [0.05, 0.1) is 24.4 Å². The smallest absolute Gasteiger partial charge is 0.187 e. The molecule has 1 aliphatic heterocycles. The number of aliphatic imine (C=N–C) groups is 1. The van der Waals surface area contributed by atoms with Gasteiger partial charge in [0, 0.05) is 11.1 Å². The van der Waals surface area contributed by atoms with Gasteiger partial charge < -0.3 is 15.8 Å². The molecular weight excluding hydrogens is 362 g/mol. The molecule has 0 saturated heterocycles. The lowest BCUT2D eigenvalue weighted by atomic mass is 10.1. The first kappa shape index (κ1) is 17.3. The molecule has 0 amide bonds. The third-order valence-electron chi connectivity index (χ3n) is 4.47. The molecule has 3 N–H and O–H groups in total. The van der Waals surface area contributed by atoms with Crippen molar-refractivity contribution in [3.63, 3.8) is 0 Å². The minimum atomic E-state index is 0.514. The number of fused-ring (bicyclic) bond motifs is 1. The first-order valence-electron chi connectivity index (χ1n) is 8.42. The highest BCUT2D eigenvalue weighted by Gasteiger charge is 2.19. The van der Waals surface area contributed by atoms with Crippen LogP contribution in [-0.4, -0.2) is 22.9 Å². The molecule has 27 heavy (non-hydrogen) atoms. The Kier molecular flexibility index (Phi) is 4.41. The summed E-state index contributed by atoms with van der Waals surface area (Å²) < 4.78 is 5.61. The van der Waals surface area contributed by atoms with Crippen LogP contribution in [0.4, 0.5) is 11.5 Å². The summed E-state index contributed by atoms with van der Waals surface area (Å²) in [6.07, 6.45) is 1.50. The fraction of sp³-hybridized carbons (Fsp3) is 0.150. The highest BCUT2D eigenvalue weighted by atomic mass is 35.5. The Bertz CT molecular complexity index is 1050. The average molecular weight is 380 g/mol. The van der Waals surface area contributed by atoms with E-state index < -0.39 is 0 Å². The molecule has 136 valence electrons. The highest BCUT2D eigenvalue weighted by molar-refractivity contribution is 6.34. The maximum absolute atomic E-state index is 6.44. The van der Waals surface area contributed by atoms with E-state index in [0.717, 1.165) is 16.7 Å². The van der Waals surface area contributed by atoms with Gasteiger partial charge in [-0.3, -0.25) is 4.99 Å². The number of amidine groups is 1. The largest absolute Gasteiger partial charge is 0.491 e. The summed E-state index contributed by atoms with van der Waals surface area (Å²) in [5.74, 6) is 1.60. The Morgan fingerprint density at radius 2 is 1.93 bits per heavy atom. The SMILES string of the molecule is COc1c(Nc2cc3c(cc2Cl)C(N)=NC3)ncnc1-c1ccc(C)cc1. The summed E-state index contributed by atoms with van der Waals surface area (Å²) in [4.78, 5) is 13.0. The molecule has 3 aromatic rings. The number of rotatable bonds is 4. The number of halogens is 1. The van der Waals surface area contributed by atoms with E-state index in [2.05, 4.69) is 20.3 Å². The molecule has 0 spiro atoms. The summed E-state index contributed by atoms with van der Waals surface area (Å²) in [7, 11) is 1.60. The summed E-state index contributed by atoms with van der Waals surface area (Å²) >= 11 is 6.44. The Balaban J connectivity index is 1.73. The summed E-state index contributed by atoms with van der Waals surface area (Å²) in [6.45, 7) is 2.59. The molecule has 0 saturated carbocycles. The molecule has 2 aromatic carbocycles. The van der Waals surface area contributed by atoms with Gasteiger partial charge in [-0.2, -0.15) is 0 Å². The van der Waals surface area contributed by atoms with Crippen LogP contribution in [0.3, 0.4) is 0 Å². The Hall–Kier alpha value is -3.12. The number of hydrogen-bond acceptors (Lipinski definition) is 6. The van der Waals surface area contributed by atoms with Crippen molar-refractivity contribution in [2.75, 3.05) is 12.4 Å². The van der Waals surface area contributed by atoms with Crippen LogP contribution in [0.15, 0.2) is 47.7 Å². The van der Waals surface area contributed by atoms with Crippen molar-refractivity contribution in [2.45, 2.75) is 13.5 Å². The lowest BCUT2D eigenvalue weighted by molar-refractivity contribution is 0.415. The van der Waals surface area contributed by atoms with E-state index in [0.29, 0.717) is 40.4 Å². The molecule has 7 heteroatoms. The molecule has 0 atom stereocenters. The van der Waals surface area contributed by atoms with Crippen molar-refractivity contribution in [2.24, 2.45) is 10.7 Å². The Morgan fingerprint density at radius 3 is 2.67 bits per heavy atom. The first-order chi connectivity index (χ1) is 13.1. The molecule has 1 aromatic heterocycles. The monoisotopic (exact) mass is 379 g/mol. The topological polar surface area (TPSA) is 85.4 Å². The number of ether oxygens (including phenoxy) is 1. The maximum atomic E-state index is 6.44. The number of nitrogens with two attached hydrogens (primary N) is 1. The number of hydrogen-bond donors (Lipinski definition) is 2. The minimum absolute atomic E-state index is 0.514. The standard InChI is InChI=1S/C20H18ClN5O/c1-11-3-5-12(6-4-11)17-18(27-2)20(25-10-24-17)26-16-7-13-9-23-19(22)14(13)8-15(16)21/h3-8,10H,9H2,1-2H3,(H2,22,23)(H,24,25,26). The Morgan fingerprint density at radius 1 is 1.15 bits per heavy atom. The van der Waals surface area contributed by atoms with Gasteiger partial charge in [0.15, 0.2) is 11.6 Å². The lowest BCUT2D eigenvalue weighted by Crippen LogP contribution is -2.10. The molecule has 2 heterocycles. The second-order valence-corrected chi connectivity index (χ2v) is 6.69. The van der Waals surface area contributed by atoms with Gasteiger partial charge in [-0.05, 0) is 24.6 Å². The fourth-order valence-electron chi connectivity index (χ4n) is 3.04. The van der Waals surface area contributed by atoms with Gasteiger partial charge in [0.25, 0.3) is 0 Å². The van der Waals surface area contributed by atoms with E-state index in [1.807, 2.05) is 43.3 Å². The highest BCUT2D eigenvalue weighted by Crippen LogP contribution is 2.37. The number of aromatic nitrogens is 2. The molecule has 6 nitrogen and oxygen atoms in total. The van der Waals surface area contributed by atoms with Gasteiger partial charge in [0.1, 0.15) is 17.9 Å². The fourth-order valence-corrected chi connectivity index (χ4v) is 3.25. The van der Waals surface area contributed by atoms with Gasteiger partial charge in [-0.25, -0.2) is 9.97 Å². The second kappa shape index (κ2) is 6.89. The molecule has 0 bridgehead atoms. The van der Waals surface area contributed by atoms with Crippen LogP contribution in [-0.2, 0) is 6.54 Å². The van der Waals surface area contributed by atoms with Crippen molar-refractivity contribution >= 4 is 28.9 Å². The predicted octanol–water partition coefficient (Wildman–Crippen LogP) is 4.08. The zero-order valence-corrected chi connectivity index (χ0v) is 15.7. The van der Waals surface area contributed by atoms with E-state index in [9.17, 15) is 0 Å². The summed E-state index contributed by atoms with van der Waals surface area (Å²) in [6, 6.07) is 11.8. The average Bonchev–Trinajstić information content (AvgIpc) is 3.02. The van der Waals surface area contributed by atoms with Crippen LogP contribution in [0.25, 0.3) is 11.3 Å². The molecule has 1 aliphatic rings. The van der Waals surface area contributed by atoms with Gasteiger partial charge >= 0.3 is 0 Å². The lowest BCUT2D eigenvalue weighted by Gasteiger charge is -2.15. The molecule has 0 unspecified atom stereocenters. The van der Waals surface area contributed by atoms with Crippen LogP contribution >= 0.6 is 11.6 Å². The van der Waals surface area contributed by atoms with E-state index in [-0.39, 0.29) is 0 Å². The Labute approximate surface area is 162 Å². The molecule has 4 rings (SSSR count). The van der Waals surface area contributed by atoms with E-state index >= 15 is 0 Å². The number of anilines is 2. The number of benzene rings is 2. The quantitative estimate of drug-likeness (QED) is 0.713. The van der Waals surface area contributed by atoms with Crippen molar-refractivity contribution in [3.05, 3.63) is 64.4 Å². The number of nitrogens with zero attached hydrogens (tertiary/aromatic N) is 3. The van der Waals surface area contributed by atoms with Crippen LogP contribution in [0.1, 0.15) is 16.7 Å². The van der Waals surface area contributed by atoms with Crippen LogP contribution in [0.2, 0.25) is 5.02 Å². The van der Waals surface area contributed by atoms with E-state index in [4.69, 9.17) is 22.1 Å². The molecule has 0 aliphatic carbocycles. The van der Waals surface area contributed by atoms with Crippen molar-refractivity contribution < 1.29 is 4.74 Å². The summed E-state index contributed by atoms with van der Waals surface area (Å²) in [5.41, 5.74) is 11.3. The first-order valence-corrected chi connectivity index (χ1v) is 8.80. The minimum Gasteiger partial charge on any atom is -0.491 e. The van der Waals surface area contributed by atoms with Crippen molar-refractivity contribution in [3.8, 4) is 17.0 Å². The van der Waals surface area contributed by atoms with Crippen molar-refractivity contribution in [1.29, 1.82) is 0 Å². The number of aryl methyl sites for hydroxylation is 1. The third kappa shape index (κ3) is 3.19. The molecule has 0 fully saturated rings. The van der Waals surface area contributed by atoms with Crippen LogP contribution < -0.4 is 15.8 Å². The van der Waals surface area contributed by atoms with E-state index in [1.165, 1.54) is 11.9 Å². The third-order valence-corrected chi connectivity index (χ3v) is 4.79. The van der Waals surface area contributed by atoms with Gasteiger partial charge in [-0.15, -0.1) is 0 Å². The van der Waals surface area contributed by atoms with Crippen molar-refractivity contribution in [1.82, 2.24) is 9.97 Å². The second-order valence-electron chi connectivity index (χ2n) is 6.29. The van der Waals surface area contributed by atoms with Gasteiger partial charge in [0.2, 0.25) is 0 Å². The number of methoxy groups -OCH3 is 1. The van der Waals surface area contributed by atoms with Crippen LogP contribution in [0.5, 0.6) is 5.75 Å². The van der Waals surface area contributed by atoms with E-state index in [1.54, 1.807) is 7.11 Å². The normalized spacial score (nSPS) is 12.5. The van der Waals surface area contributed by atoms with Gasteiger partial charge in [-0.1, -0.05) is 41.4 Å². The summed E-state index contributed by atoms with van der Waals surface area (Å²) in [5, 5.41) is 3.79.